The molecule has 0 bridgehead atoms. The minimum Gasteiger partial charge on any atom is -0.381 e. The molecule has 0 unspecified atom stereocenters. The average molecular weight is 313 g/mol. The number of hydrogen-bond donors (Lipinski definition) is 2. The summed E-state index contributed by atoms with van der Waals surface area (Å²) < 4.78 is 5.55. The maximum atomic E-state index is 5.55. The van der Waals surface area contributed by atoms with Crippen LogP contribution in [0.3, 0.4) is 0 Å². The molecule has 0 amide bonds. The van der Waals surface area contributed by atoms with Crippen LogP contribution in [0.25, 0.3) is 0 Å². The minimum atomic E-state index is 0.831. The van der Waals surface area contributed by atoms with Crippen molar-refractivity contribution in [3.8, 4) is 0 Å². The van der Waals surface area contributed by atoms with Crippen LogP contribution in [0.5, 0.6) is 0 Å². The first-order valence-electron chi connectivity index (χ1n) is 9.11. The summed E-state index contributed by atoms with van der Waals surface area (Å²) in [5, 5.41) is 6.76. The Morgan fingerprint density at radius 1 is 1.00 bits per heavy atom. The molecular formula is C17H36N4O. The van der Waals surface area contributed by atoms with Gasteiger partial charge in [-0.2, -0.15) is 0 Å². The van der Waals surface area contributed by atoms with Crippen molar-refractivity contribution in [2.24, 2.45) is 4.99 Å². The average Bonchev–Trinajstić information content (AvgIpc) is 2.81. The van der Waals surface area contributed by atoms with E-state index >= 15 is 0 Å². The molecule has 0 saturated carbocycles. The SMILES string of the molecule is CCCCOCCCNC(=NC)NCCN1CCCCCC1. The Kier molecular flexibility index (Phi) is 12.1. The number of guanidine groups is 1. The van der Waals surface area contributed by atoms with Crippen LogP contribution in [0.4, 0.5) is 0 Å². The summed E-state index contributed by atoms with van der Waals surface area (Å²) in [4.78, 5) is 6.84. The molecule has 22 heavy (non-hydrogen) atoms. The summed E-state index contributed by atoms with van der Waals surface area (Å²) in [5.41, 5.74) is 0. The number of aliphatic imine (C=N–C) groups is 1. The quantitative estimate of drug-likeness (QED) is 0.369. The van der Waals surface area contributed by atoms with Crippen molar-refractivity contribution in [1.82, 2.24) is 15.5 Å². The number of nitrogens with zero attached hydrogens (tertiary/aromatic N) is 2. The molecular weight excluding hydrogens is 276 g/mol. The second-order valence-corrected chi connectivity index (χ2v) is 6.00. The van der Waals surface area contributed by atoms with Gasteiger partial charge < -0.3 is 20.3 Å². The van der Waals surface area contributed by atoms with E-state index in [1.54, 1.807) is 0 Å². The van der Waals surface area contributed by atoms with E-state index in [0.29, 0.717) is 0 Å². The molecule has 0 atom stereocenters. The number of unbranched alkanes of at least 4 members (excludes halogenated alkanes) is 1. The second-order valence-electron chi connectivity index (χ2n) is 6.00. The Morgan fingerprint density at radius 3 is 2.36 bits per heavy atom. The third kappa shape index (κ3) is 10.0. The normalized spacial score (nSPS) is 17.3. The van der Waals surface area contributed by atoms with Crippen molar-refractivity contribution in [2.75, 3.05) is 53.0 Å². The lowest BCUT2D eigenvalue weighted by Crippen LogP contribution is -2.42. The van der Waals surface area contributed by atoms with E-state index in [2.05, 4.69) is 27.4 Å². The van der Waals surface area contributed by atoms with Crippen molar-refractivity contribution in [3.05, 3.63) is 0 Å². The third-order valence-corrected chi connectivity index (χ3v) is 4.04. The molecule has 5 nitrogen and oxygen atoms in total. The Balaban J connectivity index is 1.99. The van der Waals surface area contributed by atoms with Crippen LogP contribution < -0.4 is 10.6 Å². The molecule has 1 heterocycles. The fourth-order valence-corrected chi connectivity index (χ4v) is 2.64. The third-order valence-electron chi connectivity index (χ3n) is 4.04. The molecule has 1 aliphatic rings. The van der Waals surface area contributed by atoms with Crippen LogP contribution in [-0.4, -0.2) is 63.8 Å². The zero-order valence-corrected chi connectivity index (χ0v) is 14.7. The van der Waals surface area contributed by atoms with Gasteiger partial charge in [0.15, 0.2) is 5.96 Å². The van der Waals surface area contributed by atoms with Gasteiger partial charge in [-0.3, -0.25) is 4.99 Å². The van der Waals surface area contributed by atoms with Gasteiger partial charge in [-0.1, -0.05) is 26.2 Å². The van der Waals surface area contributed by atoms with Gasteiger partial charge in [-0.15, -0.1) is 0 Å². The molecule has 0 aromatic heterocycles. The van der Waals surface area contributed by atoms with Crippen LogP contribution in [0.15, 0.2) is 4.99 Å². The van der Waals surface area contributed by atoms with Gasteiger partial charge in [0.25, 0.3) is 0 Å². The fourth-order valence-electron chi connectivity index (χ4n) is 2.64. The highest BCUT2D eigenvalue weighted by Gasteiger charge is 2.08. The van der Waals surface area contributed by atoms with Gasteiger partial charge in [0, 0.05) is 39.9 Å². The first kappa shape index (κ1) is 19.2. The van der Waals surface area contributed by atoms with E-state index in [-0.39, 0.29) is 0 Å². The lowest BCUT2D eigenvalue weighted by molar-refractivity contribution is 0.129. The molecule has 1 saturated heterocycles. The molecule has 0 radical (unpaired) electrons. The highest BCUT2D eigenvalue weighted by Crippen LogP contribution is 2.08. The number of nitrogens with one attached hydrogen (secondary N) is 2. The van der Waals surface area contributed by atoms with E-state index < -0.39 is 0 Å². The molecule has 0 aromatic rings. The van der Waals surface area contributed by atoms with Crippen LogP contribution in [-0.2, 0) is 4.74 Å². The lowest BCUT2D eigenvalue weighted by Gasteiger charge is -2.20. The van der Waals surface area contributed by atoms with Crippen molar-refractivity contribution in [1.29, 1.82) is 0 Å². The monoisotopic (exact) mass is 312 g/mol. The van der Waals surface area contributed by atoms with E-state index in [0.717, 1.165) is 51.6 Å². The Hall–Kier alpha value is -0.810. The van der Waals surface area contributed by atoms with Crippen molar-refractivity contribution in [3.63, 3.8) is 0 Å². The zero-order chi connectivity index (χ0) is 15.9. The molecule has 1 aliphatic heterocycles. The Morgan fingerprint density at radius 2 is 1.68 bits per heavy atom. The standard InChI is InChI=1S/C17H36N4O/c1-3-4-15-22-16-9-10-19-17(18-2)20-11-14-21-12-7-5-6-8-13-21/h3-16H2,1-2H3,(H2,18,19,20). The zero-order valence-electron chi connectivity index (χ0n) is 14.7. The summed E-state index contributed by atoms with van der Waals surface area (Å²) in [5.74, 6) is 0.906. The number of likely N-dealkylation sites (tertiary alicyclic amines) is 1. The topological polar surface area (TPSA) is 48.9 Å². The minimum absolute atomic E-state index is 0.831. The molecule has 0 aliphatic carbocycles. The first-order chi connectivity index (χ1) is 10.9. The fraction of sp³-hybridized carbons (Fsp3) is 0.941. The largest absolute Gasteiger partial charge is 0.381 e. The van der Waals surface area contributed by atoms with E-state index in [4.69, 9.17) is 4.74 Å². The van der Waals surface area contributed by atoms with Crippen LogP contribution in [0.2, 0.25) is 0 Å². The molecule has 2 N–H and O–H groups in total. The highest BCUT2D eigenvalue weighted by molar-refractivity contribution is 5.79. The molecule has 0 aromatic carbocycles. The van der Waals surface area contributed by atoms with Gasteiger partial charge in [-0.05, 0) is 38.8 Å². The predicted octanol–water partition coefficient (Wildman–Crippen LogP) is 2.23. The number of rotatable bonds is 10. The van der Waals surface area contributed by atoms with Gasteiger partial charge in [0.05, 0.1) is 0 Å². The first-order valence-corrected chi connectivity index (χ1v) is 9.11. The Bertz CT molecular complexity index is 276. The predicted molar refractivity (Wildman–Crippen MR) is 94.6 cm³/mol. The van der Waals surface area contributed by atoms with Gasteiger partial charge in [-0.25, -0.2) is 0 Å². The van der Waals surface area contributed by atoms with E-state index in [9.17, 15) is 0 Å². The smallest absolute Gasteiger partial charge is 0.191 e. The molecule has 1 rings (SSSR count). The lowest BCUT2D eigenvalue weighted by atomic mass is 10.2. The number of hydrogen-bond acceptors (Lipinski definition) is 3. The highest BCUT2D eigenvalue weighted by atomic mass is 16.5. The second kappa shape index (κ2) is 13.8. The maximum Gasteiger partial charge on any atom is 0.191 e. The summed E-state index contributed by atoms with van der Waals surface area (Å²) in [7, 11) is 1.83. The molecule has 5 heteroatoms. The molecule has 0 spiro atoms. The van der Waals surface area contributed by atoms with Gasteiger partial charge in [0.2, 0.25) is 0 Å². The van der Waals surface area contributed by atoms with E-state index in [1.165, 1.54) is 45.2 Å². The maximum absolute atomic E-state index is 5.55. The van der Waals surface area contributed by atoms with Gasteiger partial charge >= 0.3 is 0 Å². The number of ether oxygens (including phenoxy) is 1. The summed E-state index contributed by atoms with van der Waals surface area (Å²) in [6, 6.07) is 0. The van der Waals surface area contributed by atoms with Gasteiger partial charge in [0.1, 0.15) is 0 Å². The molecule has 1 fully saturated rings. The summed E-state index contributed by atoms with van der Waals surface area (Å²) in [6.45, 7) is 9.40. The summed E-state index contributed by atoms with van der Waals surface area (Å²) >= 11 is 0. The van der Waals surface area contributed by atoms with Crippen LogP contribution in [0.1, 0.15) is 51.9 Å². The van der Waals surface area contributed by atoms with Crippen molar-refractivity contribution in [2.45, 2.75) is 51.9 Å². The summed E-state index contributed by atoms with van der Waals surface area (Å²) in [6.07, 6.45) is 8.88. The van der Waals surface area contributed by atoms with Crippen molar-refractivity contribution < 1.29 is 4.74 Å². The van der Waals surface area contributed by atoms with Crippen LogP contribution >= 0.6 is 0 Å². The Labute approximate surface area is 136 Å². The van der Waals surface area contributed by atoms with Crippen molar-refractivity contribution >= 4 is 5.96 Å². The van der Waals surface area contributed by atoms with E-state index in [1.807, 2.05) is 7.05 Å². The molecule has 130 valence electrons. The van der Waals surface area contributed by atoms with Crippen LogP contribution in [0, 0.1) is 0 Å².